The molecule has 0 amide bonds. The van der Waals surface area contributed by atoms with Gasteiger partial charge in [0, 0.05) is 20.6 Å². The van der Waals surface area contributed by atoms with Crippen LogP contribution in [0.25, 0.3) is 11.4 Å². The summed E-state index contributed by atoms with van der Waals surface area (Å²) in [4.78, 5) is 4.37. The van der Waals surface area contributed by atoms with Crippen LogP contribution in [0.15, 0.2) is 18.2 Å². The van der Waals surface area contributed by atoms with Crippen molar-refractivity contribution in [2.24, 2.45) is 0 Å². The molecule has 0 radical (unpaired) electrons. The topological polar surface area (TPSA) is 41.6 Å². The second-order valence-electron chi connectivity index (χ2n) is 3.08. The predicted octanol–water partition coefficient (Wildman–Crippen LogP) is 3.29. The number of nitrogens with zero attached hydrogens (tertiary/aromatic N) is 2. The number of hydrogen-bond acceptors (Lipinski definition) is 2. The molecule has 0 fully saturated rings. The Balaban J connectivity index is 2.48. The minimum absolute atomic E-state index is 0.702. The van der Waals surface area contributed by atoms with E-state index in [1.165, 1.54) is 0 Å². The summed E-state index contributed by atoms with van der Waals surface area (Å²) in [6.45, 7) is 2.03. The van der Waals surface area contributed by atoms with Gasteiger partial charge in [0.1, 0.15) is 5.82 Å². The molecule has 3 nitrogen and oxygen atoms in total. The lowest BCUT2D eigenvalue weighted by Gasteiger charge is -1.99. The van der Waals surface area contributed by atoms with E-state index in [0.717, 1.165) is 21.4 Å². The number of H-pyrrole nitrogens is 1. The molecule has 0 saturated heterocycles. The third kappa shape index (κ3) is 2.31. The molecule has 0 spiro atoms. The van der Waals surface area contributed by atoms with Crippen molar-refractivity contribution in [2.45, 2.75) is 13.3 Å². The first-order valence-corrected chi connectivity index (χ1v) is 6.03. The molecule has 78 valence electrons. The Morgan fingerprint density at radius 3 is 2.93 bits per heavy atom. The summed E-state index contributed by atoms with van der Waals surface area (Å²) in [6.07, 6.45) is 0.851. The van der Waals surface area contributed by atoms with E-state index in [1.54, 1.807) is 0 Å². The molecule has 1 aromatic carbocycles. The summed E-state index contributed by atoms with van der Waals surface area (Å²) in [7, 11) is 0. The van der Waals surface area contributed by atoms with Crippen LogP contribution in [0.4, 0.5) is 0 Å². The molecule has 15 heavy (non-hydrogen) atoms. The highest BCUT2D eigenvalue weighted by molar-refractivity contribution is 14.1. The van der Waals surface area contributed by atoms with Gasteiger partial charge < -0.3 is 0 Å². The Labute approximate surface area is 106 Å². The van der Waals surface area contributed by atoms with Crippen LogP contribution in [0.2, 0.25) is 5.02 Å². The number of rotatable bonds is 2. The Morgan fingerprint density at radius 1 is 1.47 bits per heavy atom. The van der Waals surface area contributed by atoms with Gasteiger partial charge in [0.2, 0.25) is 0 Å². The minimum atomic E-state index is 0.702. The van der Waals surface area contributed by atoms with Crippen LogP contribution in [0, 0.1) is 3.57 Å². The van der Waals surface area contributed by atoms with E-state index in [4.69, 9.17) is 11.6 Å². The second kappa shape index (κ2) is 4.49. The van der Waals surface area contributed by atoms with Crippen molar-refractivity contribution in [3.05, 3.63) is 32.6 Å². The van der Waals surface area contributed by atoms with E-state index in [9.17, 15) is 0 Å². The predicted molar refractivity (Wildman–Crippen MR) is 68.9 cm³/mol. The lowest BCUT2D eigenvalue weighted by molar-refractivity contribution is 0.946. The van der Waals surface area contributed by atoms with Gasteiger partial charge in [0.05, 0.1) is 0 Å². The summed E-state index contributed by atoms with van der Waals surface area (Å²) >= 11 is 8.19. The number of hydrogen-bond donors (Lipinski definition) is 1. The highest BCUT2D eigenvalue weighted by Gasteiger charge is 2.09. The van der Waals surface area contributed by atoms with Gasteiger partial charge in [-0.25, -0.2) is 4.98 Å². The van der Waals surface area contributed by atoms with Crippen LogP contribution in [-0.2, 0) is 6.42 Å². The molecule has 0 saturated carbocycles. The molecule has 0 atom stereocenters. The zero-order chi connectivity index (χ0) is 10.8. The first kappa shape index (κ1) is 10.9. The molecule has 1 aromatic heterocycles. The van der Waals surface area contributed by atoms with Crippen LogP contribution in [0.3, 0.4) is 0 Å². The van der Waals surface area contributed by atoms with Crippen LogP contribution in [-0.4, -0.2) is 15.2 Å². The van der Waals surface area contributed by atoms with Crippen molar-refractivity contribution < 1.29 is 0 Å². The molecular weight excluding hydrogens is 324 g/mol. The average molecular weight is 334 g/mol. The first-order valence-electron chi connectivity index (χ1n) is 4.57. The highest BCUT2D eigenvalue weighted by Crippen LogP contribution is 2.25. The Kier molecular flexibility index (Phi) is 3.25. The van der Waals surface area contributed by atoms with Gasteiger partial charge in [-0.05, 0) is 40.8 Å². The van der Waals surface area contributed by atoms with E-state index in [0.29, 0.717) is 10.8 Å². The van der Waals surface area contributed by atoms with Gasteiger partial charge in [-0.1, -0.05) is 18.5 Å². The lowest BCUT2D eigenvalue weighted by Crippen LogP contribution is -1.86. The molecule has 0 aliphatic carbocycles. The summed E-state index contributed by atoms with van der Waals surface area (Å²) in [5, 5.41) is 7.75. The van der Waals surface area contributed by atoms with Crippen LogP contribution < -0.4 is 0 Å². The largest absolute Gasteiger partial charge is 0.263 e. The lowest BCUT2D eigenvalue weighted by atomic mass is 10.2. The molecule has 0 aliphatic rings. The number of nitrogens with one attached hydrogen (secondary N) is 1. The molecule has 2 rings (SSSR count). The smallest absolute Gasteiger partial charge is 0.182 e. The number of benzene rings is 1. The van der Waals surface area contributed by atoms with Crippen molar-refractivity contribution in [1.29, 1.82) is 0 Å². The third-order valence-electron chi connectivity index (χ3n) is 2.04. The molecular formula is C10H9ClIN3. The van der Waals surface area contributed by atoms with Crippen LogP contribution in [0.1, 0.15) is 12.7 Å². The monoisotopic (exact) mass is 333 g/mol. The van der Waals surface area contributed by atoms with Crippen molar-refractivity contribution in [1.82, 2.24) is 15.2 Å². The van der Waals surface area contributed by atoms with Crippen LogP contribution in [0.5, 0.6) is 0 Å². The zero-order valence-electron chi connectivity index (χ0n) is 8.09. The van der Waals surface area contributed by atoms with E-state index < -0.39 is 0 Å². The van der Waals surface area contributed by atoms with Crippen molar-refractivity contribution >= 4 is 34.2 Å². The van der Waals surface area contributed by atoms with Crippen molar-refractivity contribution in [3.8, 4) is 11.4 Å². The Morgan fingerprint density at radius 2 is 2.27 bits per heavy atom. The third-order valence-corrected chi connectivity index (χ3v) is 3.21. The molecule has 1 N–H and O–H groups in total. The maximum absolute atomic E-state index is 5.94. The van der Waals surface area contributed by atoms with E-state index in [1.807, 2.05) is 25.1 Å². The summed E-state index contributed by atoms with van der Waals surface area (Å²) in [5.74, 6) is 1.60. The fourth-order valence-corrected chi connectivity index (χ4v) is 1.99. The molecule has 0 aliphatic heterocycles. The van der Waals surface area contributed by atoms with Crippen LogP contribution >= 0.6 is 34.2 Å². The quantitative estimate of drug-likeness (QED) is 0.857. The van der Waals surface area contributed by atoms with Gasteiger partial charge in [-0.15, -0.1) is 0 Å². The minimum Gasteiger partial charge on any atom is -0.263 e. The second-order valence-corrected chi connectivity index (χ2v) is 4.68. The average Bonchev–Trinajstić information content (AvgIpc) is 2.70. The van der Waals surface area contributed by atoms with E-state index in [2.05, 4.69) is 37.8 Å². The molecule has 0 unspecified atom stereocenters. The zero-order valence-corrected chi connectivity index (χ0v) is 11.0. The fraction of sp³-hybridized carbons (Fsp3) is 0.200. The highest BCUT2D eigenvalue weighted by atomic mass is 127. The number of aryl methyl sites for hydroxylation is 1. The van der Waals surface area contributed by atoms with Gasteiger partial charge in [-0.3, -0.25) is 5.10 Å². The number of aromatic nitrogens is 3. The maximum Gasteiger partial charge on any atom is 0.182 e. The SMILES string of the molecule is CCc1nc(-c2cc(Cl)ccc2I)n[nH]1. The normalized spacial score (nSPS) is 10.6. The Hall–Kier alpha value is -0.620. The van der Waals surface area contributed by atoms with Gasteiger partial charge in [-0.2, -0.15) is 5.10 Å². The van der Waals surface area contributed by atoms with Crippen molar-refractivity contribution in [2.75, 3.05) is 0 Å². The maximum atomic E-state index is 5.94. The fourth-order valence-electron chi connectivity index (χ4n) is 1.24. The standard InChI is InChI=1S/C10H9ClIN3/c1-2-9-13-10(15-14-9)7-5-6(11)3-4-8(7)12/h3-5H,2H2,1H3,(H,13,14,15). The summed E-state index contributed by atoms with van der Waals surface area (Å²) < 4.78 is 1.10. The van der Waals surface area contributed by atoms with E-state index >= 15 is 0 Å². The summed E-state index contributed by atoms with van der Waals surface area (Å²) in [5.41, 5.74) is 0.971. The number of halogens is 2. The van der Waals surface area contributed by atoms with Gasteiger partial charge in [0.15, 0.2) is 5.82 Å². The molecule has 1 heterocycles. The molecule has 5 heteroatoms. The van der Waals surface area contributed by atoms with Gasteiger partial charge in [0.25, 0.3) is 0 Å². The number of aromatic amines is 1. The first-order chi connectivity index (χ1) is 7.20. The van der Waals surface area contributed by atoms with Gasteiger partial charge >= 0.3 is 0 Å². The molecule has 2 aromatic rings. The summed E-state index contributed by atoms with van der Waals surface area (Å²) in [6, 6.07) is 5.70. The Bertz CT molecular complexity index is 481. The molecule has 0 bridgehead atoms. The van der Waals surface area contributed by atoms with Crippen molar-refractivity contribution in [3.63, 3.8) is 0 Å². The van der Waals surface area contributed by atoms with E-state index in [-0.39, 0.29) is 0 Å².